The number of aryl methyl sites for hydroxylation is 1. The Morgan fingerprint density at radius 1 is 1.29 bits per heavy atom. The number of aromatic nitrogens is 2. The summed E-state index contributed by atoms with van der Waals surface area (Å²) in [7, 11) is 0. The third-order valence-electron chi connectivity index (χ3n) is 5.01. The van der Waals surface area contributed by atoms with Crippen molar-refractivity contribution in [3.8, 4) is 0 Å². The number of benzene rings is 1. The molecule has 1 saturated heterocycles. The van der Waals surface area contributed by atoms with E-state index in [1.165, 1.54) is 6.42 Å². The molecule has 3 rings (SSSR count). The monoisotopic (exact) mass is 345 g/mol. The van der Waals surface area contributed by atoms with E-state index in [4.69, 9.17) is 4.98 Å². The van der Waals surface area contributed by atoms with Crippen molar-refractivity contribution >= 4 is 28.7 Å². The summed E-state index contributed by atoms with van der Waals surface area (Å²) in [4.78, 5) is 19.8. The molecule has 0 spiro atoms. The Bertz CT molecular complexity index is 716. The lowest BCUT2D eigenvalue weighted by molar-refractivity contribution is -0.136. The third kappa shape index (κ3) is 3.18. The van der Waals surface area contributed by atoms with Crippen LogP contribution in [0.4, 0.5) is 0 Å². The van der Waals surface area contributed by atoms with Crippen LogP contribution < -0.4 is 0 Å². The summed E-state index contributed by atoms with van der Waals surface area (Å²) in [6, 6.07) is 8.86. The van der Waals surface area contributed by atoms with Gasteiger partial charge in [-0.1, -0.05) is 23.9 Å². The second kappa shape index (κ2) is 7.18. The van der Waals surface area contributed by atoms with Gasteiger partial charge >= 0.3 is 0 Å². The molecule has 1 aliphatic rings. The first-order chi connectivity index (χ1) is 11.5. The van der Waals surface area contributed by atoms with Crippen LogP contribution in [0.2, 0.25) is 0 Å². The van der Waals surface area contributed by atoms with Gasteiger partial charge < -0.3 is 9.47 Å². The zero-order valence-corrected chi connectivity index (χ0v) is 15.8. The number of imidazole rings is 1. The number of amides is 1. The summed E-state index contributed by atoms with van der Waals surface area (Å²) in [5.74, 6) is 0.245. The Morgan fingerprint density at radius 3 is 2.62 bits per heavy atom. The maximum absolute atomic E-state index is 13.0. The molecule has 1 amide bonds. The van der Waals surface area contributed by atoms with Crippen LogP contribution in [0.15, 0.2) is 29.4 Å². The smallest absolute Gasteiger partial charge is 0.236 e. The van der Waals surface area contributed by atoms with Crippen LogP contribution in [0.25, 0.3) is 11.0 Å². The summed E-state index contributed by atoms with van der Waals surface area (Å²) in [6.45, 7) is 9.35. The Labute approximate surface area is 148 Å². The van der Waals surface area contributed by atoms with Gasteiger partial charge in [0.25, 0.3) is 0 Å². The molecule has 0 aliphatic carbocycles. The minimum absolute atomic E-state index is 0.116. The highest BCUT2D eigenvalue weighted by molar-refractivity contribution is 8.00. The van der Waals surface area contributed by atoms with E-state index in [1.54, 1.807) is 11.8 Å². The lowest BCUT2D eigenvalue weighted by atomic mass is 9.97. The van der Waals surface area contributed by atoms with E-state index in [0.717, 1.165) is 35.6 Å². The molecule has 3 atom stereocenters. The second-order valence-corrected chi connectivity index (χ2v) is 8.07. The topological polar surface area (TPSA) is 38.1 Å². The Kier molecular flexibility index (Phi) is 5.18. The molecule has 1 aromatic carbocycles. The predicted octanol–water partition coefficient (Wildman–Crippen LogP) is 4.33. The summed E-state index contributed by atoms with van der Waals surface area (Å²) < 4.78 is 2.20. The number of fused-ring (bicyclic) bond motifs is 1. The predicted molar refractivity (Wildman–Crippen MR) is 100 cm³/mol. The largest absolute Gasteiger partial charge is 0.336 e. The number of carbonyl (C=O) groups is 1. The molecule has 0 N–H and O–H groups in total. The number of thioether (sulfide) groups is 1. The molecule has 1 aliphatic heterocycles. The number of carbonyl (C=O) groups excluding carboxylic acids is 1. The Hall–Kier alpha value is -1.49. The summed E-state index contributed by atoms with van der Waals surface area (Å²) in [5, 5.41) is 0.826. The van der Waals surface area contributed by atoms with Crippen molar-refractivity contribution in [3.63, 3.8) is 0 Å². The van der Waals surface area contributed by atoms with Crippen LogP contribution >= 0.6 is 11.8 Å². The first kappa shape index (κ1) is 17.3. The molecule has 1 aromatic heterocycles. The molecule has 0 unspecified atom stereocenters. The quantitative estimate of drug-likeness (QED) is 0.774. The van der Waals surface area contributed by atoms with Crippen molar-refractivity contribution in [3.05, 3.63) is 24.3 Å². The molecule has 0 radical (unpaired) electrons. The average molecular weight is 346 g/mol. The minimum atomic E-state index is -0.116. The lowest BCUT2D eigenvalue weighted by Gasteiger charge is -2.40. The van der Waals surface area contributed by atoms with Gasteiger partial charge in [-0.2, -0.15) is 0 Å². The van der Waals surface area contributed by atoms with Crippen molar-refractivity contribution in [2.24, 2.45) is 0 Å². The summed E-state index contributed by atoms with van der Waals surface area (Å²) in [5.41, 5.74) is 2.14. The van der Waals surface area contributed by atoms with E-state index in [0.29, 0.717) is 12.1 Å². The van der Waals surface area contributed by atoms with E-state index >= 15 is 0 Å². The Morgan fingerprint density at radius 2 is 1.96 bits per heavy atom. The van der Waals surface area contributed by atoms with Gasteiger partial charge in [0, 0.05) is 18.6 Å². The number of hydrogen-bond acceptors (Lipinski definition) is 3. The Balaban J connectivity index is 1.81. The maximum Gasteiger partial charge on any atom is 0.236 e. The third-order valence-corrected chi connectivity index (χ3v) is 6.09. The number of hydrogen-bond donors (Lipinski definition) is 0. The summed E-state index contributed by atoms with van der Waals surface area (Å²) in [6.07, 6.45) is 3.45. The molecule has 0 bridgehead atoms. The maximum atomic E-state index is 13.0. The van der Waals surface area contributed by atoms with E-state index in [-0.39, 0.29) is 11.2 Å². The van der Waals surface area contributed by atoms with Gasteiger partial charge in [0.05, 0.1) is 16.3 Å². The van der Waals surface area contributed by atoms with E-state index < -0.39 is 0 Å². The van der Waals surface area contributed by atoms with Gasteiger partial charge in [0.1, 0.15) is 0 Å². The molecule has 24 heavy (non-hydrogen) atoms. The van der Waals surface area contributed by atoms with Crippen molar-refractivity contribution in [2.45, 2.75) is 76.0 Å². The fraction of sp³-hybridized carbons (Fsp3) is 0.579. The molecule has 2 heterocycles. The summed E-state index contributed by atoms with van der Waals surface area (Å²) >= 11 is 1.59. The van der Waals surface area contributed by atoms with E-state index in [1.807, 2.05) is 25.1 Å². The normalized spacial score (nSPS) is 22.8. The number of para-hydroxylation sites is 2. The number of piperidine rings is 1. The zero-order valence-electron chi connectivity index (χ0n) is 15.0. The van der Waals surface area contributed by atoms with Gasteiger partial charge in [-0.05, 0) is 59.1 Å². The molecule has 130 valence electrons. The van der Waals surface area contributed by atoms with E-state index in [9.17, 15) is 4.79 Å². The van der Waals surface area contributed by atoms with Gasteiger partial charge in [0.15, 0.2) is 5.16 Å². The highest BCUT2D eigenvalue weighted by Crippen LogP contribution is 2.31. The highest BCUT2D eigenvalue weighted by Gasteiger charge is 2.32. The van der Waals surface area contributed by atoms with Crippen LogP contribution in [0.1, 0.15) is 47.0 Å². The molecule has 1 fully saturated rings. The van der Waals surface area contributed by atoms with Crippen molar-refractivity contribution in [1.29, 1.82) is 0 Å². The molecule has 2 aromatic rings. The number of likely N-dealkylation sites (tertiary alicyclic amines) is 1. The lowest BCUT2D eigenvalue weighted by Crippen LogP contribution is -2.50. The minimum Gasteiger partial charge on any atom is -0.336 e. The van der Waals surface area contributed by atoms with Gasteiger partial charge in [-0.15, -0.1) is 0 Å². The first-order valence-electron chi connectivity index (χ1n) is 8.97. The van der Waals surface area contributed by atoms with Crippen LogP contribution in [0.5, 0.6) is 0 Å². The van der Waals surface area contributed by atoms with Crippen LogP contribution in [-0.4, -0.2) is 37.7 Å². The van der Waals surface area contributed by atoms with Crippen LogP contribution in [-0.2, 0) is 11.3 Å². The van der Waals surface area contributed by atoms with Gasteiger partial charge in [-0.3, -0.25) is 4.79 Å². The fourth-order valence-electron chi connectivity index (χ4n) is 3.72. The highest BCUT2D eigenvalue weighted by atomic mass is 32.2. The van der Waals surface area contributed by atoms with E-state index in [2.05, 4.69) is 36.3 Å². The van der Waals surface area contributed by atoms with Crippen LogP contribution in [0.3, 0.4) is 0 Å². The number of rotatable bonds is 4. The number of nitrogens with zero attached hydrogens (tertiary/aromatic N) is 3. The van der Waals surface area contributed by atoms with Crippen LogP contribution in [0, 0.1) is 0 Å². The second-order valence-electron chi connectivity index (χ2n) is 6.76. The van der Waals surface area contributed by atoms with Crippen molar-refractivity contribution in [1.82, 2.24) is 14.5 Å². The van der Waals surface area contributed by atoms with Gasteiger partial charge in [0.2, 0.25) is 5.91 Å². The SMILES string of the molecule is CCn1c(S[C@@H](C)C(=O)N2[C@@H](C)CCC[C@@H]2C)nc2ccccc21. The average Bonchev–Trinajstić information content (AvgIpc) is 2.91. The molecule has 5 heteroatoms. The molecular formula is C19H27N3OS. The first-order valence-corrected chi connectivity index (χ1v) is 9.85. The molecule has 0 saturated carbocycles. The zero-order chi connectivity index (χ0) is 17.3. The van der Waals surface area contributed by atoms with Crippen molar-refractivity contribution in [2.75, 3.05) is 0 Å². The fourth-order valence-corrected chi connectivity index (χ4v) is 4.77. The molecule has 4 nitrogen and oxygen atoms in total. The van der Waals surface area contributed by atoms with Crippen molar-refractivity contribution < 1.29 is 4.79 Å². The standard InChI is InChI=1S/C19H27N3OS/c1-5-21-17-12-7-6-11-16(17)20-19(21)24-15(4)18(23)22-13(2)9-8-10-14(22)3/h6-7,11-15H,5,8-10H2,1-4H3/t13-,14-,15-/m0/s1. The van der Waals surface area contributed by atoms with Gasteiger partial charge in [-0.25, -0.2) is 4.98 Å². The molecular weight excluding hydrogens is 318 g/mol.